The highest BCUT2D eigenvalue weighted by atomic mass is 16.2. The van der Waals surface area contributed by atoms with Gasteiger partial charge < -0.3 is 16.4 Å². The molecule has 0 aliphatic carbocycles. The molecular weight excluding hydrogens is 282 g/mol. The normalized spacial score (nSPS) is 12.1. The zero-order valence-corrected chi connectivity index (χ0v) is 14.3. The van der Waals surface area contributed by atoms with Crippen LogP contribution < -0.4 is 16.4 Å². The van der Waals surface area contributed by atoms with Crippen molar-refractivity contribution < 1.29 is 9.59 Å². The zero-order chi connectivity index (χ0) is 17.1. The molecule has 0 aliphatic rings. The molecule has 0 aromatic carbocycles. The van der Waals surface area contributed by atoms with Crippen LogP contribution in [-0.2, 0) is 20.5 Å². The predicted molar refractivity (Wildman–Crippen MR) is 86.6 cm³/mol. The van der Waals surface area contributed by atoms with E-state index in [0.717, 1.165) is 5.69 Å². The molecule has 1 aromatic heterocycles. The molecule has 0 radical (unpaired) electrons. The molecule has 7 nitrogen and oxygen atoms in total. The van der Waals surface area contributed by atoms with Crippen LogP contribution in [0.15, 0.2) is 6.07 Å². The number of carbonyl (C=O) groups is 2. The maximum absolute atomic E-state index is 12.0. The molecule has 22 heavy (non-hydrogen) atoms. The minimum absolute atomic E-state index is 0.115. The Kier molecular flexibility index (Phi) is 5.35. The van der Waals surface area contributed by atoms with Gasteiger partial charge >= 0.3 is 0 Å². The zero-order valence-electron chi connectivity index (χ0n) is 14.3. The second-order valence-electron chi connectivity index (χ2n) is 7.28. The Bertz CT molecular complexity index is 549. The van der Waals surface area contributed by atoms with Gasteiger partial charge in [0, 0.05) is 11.5 Å². The van der Waals surface area contributed by atoms with Crippen LogP contribution in [-0.4, -0.2) is 34.7 Å². The lowest BCUT2D eigenvalue weighted by atomic mass is 9.92. The minimum Gasteiger partial charge on any atom is -0.346 e. The molecular formula is C15H27N5O2. The number of nitrogens with two attached hydrogens (primary N) is 1. The summed E-state index contributed by atoms with van der Waals surface area (Å²) in [6, 6.07) is 1.87. The summed E-state index contributed by atoms with van der Waals surface area (Å²) >= 11 is 0. The van der Waals surface area contributed by atoms with E-state index in [1.54, 1.807) is 4.68 Å². The van der Waals surface area contributed by atoms with Crippen molar-refractivity contribution >= 4 is 17.6 Å². The number of carbonyl (C=O) groups excluding carboxylic acids is 2. The molecule has 0 saturated heterocycles. The second kappa shape index (κ2) is 6.48. The topological polar surface area (TPSA) is 102 Å². The van der Waals surface area contributed by atoms with Crippen LogP contribution in [0.2, 0.25) is 0 Å². The molecule has 7 heteroatoms. The predicted octanol–water partition coefficient (Wildman–Crippen LogP) is 0.949. The van der Waals surface area contributed by atoms with Crippen molar-refractivity contribution in [3.8, 4) is 0 Å². The first-order valence-corrected chi connectivity index (χ1v) is 7.33. The van der Waals surface area contributed by atoms with Crippen molar-refractivity contribution in [2.45, 2.75) is 52.5 Å². The SMILES string of the molecule is CC(C)(C)c1cc(NC(=O)CNC(=O)CN)n(C(C)(C)C)n1. The average Bonchev–Trinajstić information content (AvgIpc) is 2.79. The van der Waals surface area contributed by atoms with Crippen molar-refractivity contribution in [2.75, 3.05) is 18.4 Å². The van der Waals surface area contributed by atoms with Gasteiger partial charge in [-0.2, -0.15) is 5.10 Å². The first-order valence-electron chi connectivity index (χ1n) is 7.33. The molecule has 124 valence electrons. The summed E-state index contributed by atoms with van der Waals surface area (Å²) in [4.78, 5) is 23.1. The first kappa shape index (κ1) is 18.2. The van der Waals surface area contributed by atoms with Crippen LogP contribution in [0, 0.1) is 0 Å². The maximum atomic E-state index is 12.0. The van der Waals surface area contributed by atoms with Gasteiger partial charge in [-0.05, 0) is 20.8 Å². The van der Waals surface area contributed by atoms with Crippen molar-refractivity contribution in [1.29, 1.82) is 0 Å². The Morgan fingerprint density at radius 2 is 1.77 bits per heavy atom. The minimum atomic E-state index is -0.366. The lowest BCUT2D eigenvalue weighted by Crippen LogP contribution is -2.37. The summed E-state index contributed by atoms with van der Waals surface area (Å²) in [6.45, 7) is 12.0. The van der Waals surface area contributed by atoms with Crippen LogP contribution in [0.1, 0.15) is 47.2 Å². The number of anilines is 1. The van der Waals surface area contributed by atoms with Crippen molar-refractivity contribution in [2.24, 2.45) is 5.73 Å². The van der Waals surface area contributed by atoms with E-state index in [0.29, 0.717) is 5.82 Å². The molecule has 0 fully saturated rings. The number of rotatable bonds is 4. The number of hydrogen-bond acceptors (Lipinski definition) is 4. The molecule has 1 rings (SSSR count). The summed E-state index contributed by atoms with van der Waals surface area (Å²) < 4.78 is 1.79. The average molecular weight is 309 g/mol. The summed E-state index contributed by atoms with van der Waals surface area (Å²) in [5.74, 6) is -0.0630. The molecule has 1 heterocycles. The molecule has 0 saturated carbocycles. The highest BCUT2D eigenvalue weighted by Gasteiger charge is 2.25. The fourth-order valence-corrected chi connectivity index (χ4v) is 1.79. The van der Waals surface area contributed by atoms with Crippen molar-refractivity contribution in [1.82, 2.24) is 15.1 Å². The maximum Gasteiger partial charge on any atom is 0.244 e. The first-order chi connectivity index (χ1) is 9.95. The van der Waals surface area contributed by atoms with Crippen LogP contribution >= 0.6 is 0 Å². The Hall–Kier alpha value is -1.89. The summed E-state index contributed by atoms with van der Waals surface area (Å²) in [6.07, 6.45) is 0. The van der Waals surface area contributed by atoms with Gasteiger partial charge in [0.15, 0.2) is 0 Å². The van der Waals surface area contributed by atoms with E-state index in [-0.39, 0.29) is 35.9 Å². The van der Waals surface area contributed by atoms with Crippen LogP contribution in [0.25, 0.3) is 0 Å². The van der Waals surface area contributed by atoms with E-state index < -0.39 is 0 Å². The summed E-state index contributed by atoms with van der Waals surface area (Å²) in [5.41, 5.74) is 5.69. The van der Waals surface area contributed by atoms with Crippen LogP contribution in [0.3, 0.4) is 0 Å². The number of nitrogens with zero attached hydrogens (tertiary/aromatic N) is 2. The van der Waals surface area contributed by atoms with E-state index in [1.807, 2.05) is 26.8 Å². The lowest BCUT2D eigenvalue weighted by Gasteiger charge is -2.23. The van der Waals surface area contributed by atoms with Gasteiger partial charge in [-0.3, -0.25) is 9.59 Å². The van der Waals surface area contributed by atoms with Gasteiger partial charge in [-0.25, -0.2) is 4.68 Å². The summed E-state index contributed by atoms with van der Waals surface area (Å²) in [7, 11) is 0. The fraction of sp³-hybridized carbons (Fsp3) is 0.667. The van der Waals surface area contributed by atoms with Gasteiger partial charge in [0.05, 0.1) is 24.3 Å². The number of nitrogens with one attached hydrogen (secondary N) is 2. The molecule has 0 spiro atoms. The third kappa shape index (κ3) is 4.84. The molecule has 0 aliphatic heterocycles. The van der Waals surface area contributed by atoms with Gasteiger partial charge in [0.25, 0.3) is 0 Å². The third-order valence-corrected chi connectivity index (χ3v) is 3.01. The Morgan fingerprint density at radius 3 is 2.23 bits per heavy atom. The van der Waals surface area contributed by atoms with Gasteiger partial charge in [-0.15, -0.1) is 0 Å². The standard InChI is InChI=1S/C15H27N5O2/c1-14(2,3)10-7-11(20(19-10)15(4,5)6)18-13(22)9-17-12(21)8-16/h7H,8-9,16H2,1-6H3,(H,17,21)(H,18,22). The highest BCUT2D eigenvalue weighted by Crippen LogP contribution is 2.28. The van der Waals surface area contributed by atoms with Crippen molar-refractivity contribution in [3.63, 3.8) is 0 Å². The Labute approximate surface area is 131 Å². The van der Waals surface area contributed by atoms with E-state index in [4.69, 9.17) is 5.73 Å². The largest absolute Gasteiger partial charge is 0.346 e. The Balaban J connectivity index is 2.95. The number of aromatic nitrogens is 2. The van der Waals surface area contributed by atoms with Crippen LogP contribution in [0.4, 0.5) is 5.82 Å². The molecule has 0 atom stereocenters. The monoisotopic (exact) mass is 309 g/mol. The molecule has 4 N–H and O–H groups in total. The third-order valence-electron chi connectivity index (χ3n) is 3.01. The van der Waals surface area contributed by atoms with Gasteiger partial charge in [0.1, 0.15) is 5.82 Å². The molecule has 0 unspecified atom stereocenters. The highest BCUT2D eigenvalue weighted by molar-refractivity contribution is 5.94. The number of hydrogen-bond donors (Lipinski definition) is 3. The number of amides is 2. The van der Waals surface area contributed by atoms with E-state index >= 15 is 0 Å². The van der Waals surface area contributed by atoms with Crippen LogP contribution in [0.5, 0.6) is 0 Å². The lowest BCUT2D eigenvalue weighted by molar-refractivity contribution is -0.123. The Morgan fingerprint density at radius 1 is 1.18 bits per heavy atom. The van der Waals surface area contributed by atoms with E-state index in [9.17, 15) is 9.59 Å². The second-order valence-corrected chi connectivity index (χ2v) is 7.28. The van der Waals surface area contributed by atoms with E-state index in [1.165, 1.54) is 0 Å². The molecule has 2 amide bonds. The molecule has 0 bridgehead atoms. The van der Waals surface area contributed by atoms with Gasteiger partial charge in [0.2, 0.25) is 11.8 Å². The summed E-state index contributed by atoms with van der Waals surface area (Å²) in [5, 5.41) is 9.85. The van der Waals surface area contributed by atoms with Crippen molar-refractivity contribution in [3.05, 3.63) is 11.8 Å². The quantitative estimate of drug-likeness (QED) is 0.770. The fourth-order valence-electron chi connectivity index (χ4n) is 1.79. The smallest absolute Gasteiger partial charge is 0.244 e. The molecule has 1 aromatic rings. The van der Waals surface area contributed by atoms with E-state index in [2.05, 4.69) is 36.5 Å². The van der Waals surface area contributed by atoms with Gasteiger partial charge in [-0.1, -0.05) is 20.8 Å².